The van der Waals surface area contributed by atoms with E-state index in [0.717, 1.165) is 25.2 Å². The van der Waals surface area contributed by atoms with Crippen molar-refractivity contribution in [1.82, 2.24) is 0 Å². The summed E-state index contributed by atoms with van der Waals surface area (Å²) >= 11 is 1.81. The third kappa shape index (κ3) is 2.47. The molecular formula is C18H21NS. The van der Waals surface area contributed by atoms with Crippen LogP contribution in [0.2, 0.25) is 0 Å². The molecule has 1 nitrogen and oxygen atoms in total. The highest BCUT2D eigenvalue weighted by Gasteiger charge is 2.36. The lowest BCUT2D eigenvalue weighted by molar-refractivity contribution is 0.194. The second-order valence-corrected chi connectivity index (χ2v) is 7.11. The molecule has 1 aliphatic rings. The molecular weight excluding hydrogens is 262 g/mol. The summed E-state index contributed by atoms with van der Waals surface area (Å²) in [7, 11) is 0. The number of rotatable bonds is 3. The minimum atomic E-state index is -0.122. The Bertz CT molecular complexity index is 636. The maximum Gasteiger partial charge on any atom is 0.0693 e. The molecule has 0 amide bonds. The van der Waals surface area contributed by atoms with Crippen LogP contribution in [0, 0.1) is 22.7 Å². The average Bonchev–Trinajstić information content (AvgIpc) is 2.90. The fraction of sp³-hybridized carbons (Fsp3) is 0.500. The van der Waals surface area contributed by atoms with Crippen molar-refractivity contribution in [2.75, 3.05) is 0 Å². The molecule has 2 unspecified atom stereocenters. The van der Waals surface area contributed by atoms with Gasteiger partial charge in [-0.2, -0.15) is 5.26 Å². The number of nitriles is 1. The molecule has 2 aromatic rings. The first-order chi connectivity index (χ1) is 9.76. The summed E-state index contributed by atoms with van der Waals surface area (Å²) < 4.78 is 1.35. The standard InChI is InChI=1S/C18H21NS/c1-2-14-6-5-9-18(10-14,13-19)11-15-12-20-17-8-4-3-7-16(15)17/h3-4,7-8,12,14H,2,5-6,9-11H2,1H3. The molecule has 0 radical (unpaired) electrons. The fourth-order valence-corrected chi connectivity index (χ4v) is 4.63. The van der Waals surface area contributed by atoms with Gasteiger partial charge in [0.1, 0.15) is 0 Å². The van der Waals surface area contributed by atoms with E-state index in [4.69, 9.17) is 0 Å². The van der Waals surface area contributed by atoms with Gasteiger partial charge in [0.05, 0.1) is 11.5 Å². The van der Waals surface area contributed by atoms with Crippen LogP contribution >= 0.6 is 11.3 Å². The van der Waals surface area contributed by atoms with Crippen molar-refractivity contribution in [3.63, 3.8) is 0 Å². The van der Waals surface area contributed by atoms with E-state index in [1.165, 1.54) is 34.9 Å². The Morgan fingerprint density at radius 2 is 2.25 bits per heavy atom. The number of thiophene rings is 1. The molecule has 0 spiro atoms. The van der Waals surface area contributed by atoms with Gasteiger partial charge < -0.3 is 0 Å². The molecule has 20 heavy (non-hydrogen) atoms. The Kier molecular flexibility index (Phi) is 3.81. The molecule has 0 bridgehead atoms. The van der Waals surface area contributed by atoms with Crippen molar-refractivity contribution < 1.29 is 0 Å². The minimum Gasteiger partial charge on any atom is -0.198 e. The second-order valence-electron chi connectivity index (χ2n) is 6.20. The van der Waals surface area contributed by atoms with E-state index in [1.54, 1.807) is 0 Å². The Morgan fingerprint density at radius 3 is 3.05 bits per heavy atom. The molecule has 0 saturated heterocycles. The van der Waals surface area contributed by atoms with E-state index >= 15 is 0 Å². The van der Waals surface area contributed by atoms with Gasteiger partial charge in [-0.05, 0) is 47.6 Å². The van der Waals surface area contributed by atoms with Crippen molar-refractivity contribution in [2.45, 2.75) is 45.4 Å². The Balaban J connectivity index is 1.90. The zero-order chi connectivity index (χ0) is 14.0. The first-order valence-corrected chi connectivity index (χ1v) is 8.51. The van der Waals surface area contributed by atoms with Crippen LogP contribution in [0.3, 0.4) is 0 Å². The van der Waals surface area contributed by atoms with Gasteiger partial charge in [-0.15, -0.1) is 11.3 Å². The third-order valence-corrected chi connectivity index (χ3v) is 5.86. The van der Waals surface area contributed by atoms with Gasteiger partial charge in [-0.1, -0.05) is 44.4 Å². The average molecular weight is 283 g/mol. The molecule has 1 fully saturated rings. The van der Waals surface area contributed by atoms with E-state index in [9.17, 15) is 5.26 Å². The van der Waals surface area contributed by atoms with Crippen molar-refractivity contribution >= 4 is 21.4 Å². The quantitative estimate of drug-likeness (QED) is 0.724. The van der Waals surface area contributed by atoms with Crippen LogP contribution in [0.1, 0.15) is 44.6 Å². The molecule has 1 heterocycles. The van der Waals surface area contributed by atoms with Crippen LogP contribution < -0.4 is 0 Å². The number of hydrogen-bond acceptors (Lipinski definition) is 2. The van der Waals surface area contributed by atoms with Crippen LogP contribution in [0.5, 0.6) is 0 Å². The van der Waals surface area contributed by atoms with Gasteiger partial charge in [0.2, 0.25) is 0 Å². The summed E-state index contributed by atoms with van der Waals surface area (Å²) in [6, 6.07) is 11.3. The molecule has 0 N–H and O–H groups in total. The SMILES string of the molecule is CCC1CCCC(C#N)(Cc2csc3ccccc23)C1. The topological polar surface area (TPSA) is 23.8 Å². The summed E-state index contributed by atoms with van der Waals surface area (Å²) in [5, 5.41) is 13.4. The van der Waals surface area contributed by atoms with Gasteiger partial charge >= 0.3 is 0 Å². The lowest BCUT2D eigenvalue weighted by Gasteiger charge is -2.35. The van der Waals surface area contributed by atoms with Crippen LogP contribution in [0.15, 0.2) is 29.6 Å². The number of nitrogens with zero attached hydrogens (tertiary/aromatic N) is 1. The highest BCUT2D eigenvalue weighted by atomic mass is 32.1. The first kappa shape index (κ1) is 13.6. The van der Waals surface area contributed by atoms with Gasteiger partial charge in [0.15, 0.2) is 0 Å². The Morgan fingerprint density at radius 1 is 1.40 bits per heavy atom. The summed E-state index contributed by atoms with van der Waals surface area (Å²) in [5.74, 6) is 0.744. The molecule has 2 atom stereocenters. The third-order valence-electron chi connectivity index (χ3n) is 4.85. The van der Waals surface area contributed by atoms with Gasteiger partial charge in [-0.25, -0.2) is 0 Å². The molecule has 0 aliphatic heterocycles. The number of benzene rings is 1. The van der Waals surface area contributed by atoms with Crippen LogP contribution in [-0.2, 0) is 6.42 Å². The van der Waals surface area contributed by atoms with E-state index in [1.807, 2.05) is 11.3 Å². The van der Waals surface area contributed by atoms with Crippen molar-refractivity contribution in [1.29, 1.82) is 5.26 Å². The highest BCUT2D eigenvalue weighted by molar-refractivity contribution is 7.17. The predicted molar refractivity (Wildman–Crippen MR) is 85.8 cm³/mol. The monoisotopic (exact) mass is 283 g/mol. The van der Waals surface area contributed by atoms with Crippen molar-refractivity contribution in [2.24, 2.45) is 11.3 Å². The van der Waals surface area contributed by atoms with Gasteiger partial charge in [0.25, 0.3) is 0 Å². The first-order valence-electron chi connectivity index (χ1n) is 7.63. The lowest BCUT2D eigenvalue weighted by Crippen LogP contribution is -2.29. The molecule has 1 saturated carbocycles. The summed E-state index contributed by atoms with van der Waals surface area (Å²) in [5.41, 5.74) is 1.26. The molecule has 1 aliphatic carbocycles. The Hall–Kier alpha value is -1.33. The zero-order valence-electron chi connectivity index (χ0n) is 12.1. The Labute approximate surface area is 125 Å². The van der Waals surface area contributed by atoms with E-state index in [-0.39, 0.29) is 5.41 Å². The minimum absolute atomic E-state index is 0.122. The number of fused-ring (bicyclic) bond motifs is 1. The molecule has 2 heteroatoms. The maximum absolute atomic E-state index is 9.78. The van der Waals surface area contributed by atoms with Crippen molar-refractivity contribution in [3.05, 3.63) is 35.2 Å². The molecule has 1 aromatic carbocycles. The molecule has 3 rings (SSSR count). The van der Waals surface area contributed by atoms with Gasteiger partial charge in [0, 0.05) is 4.70 Å². The highest BCUT2D eigenvalue weighted by Crippen LogP contribution is 2.44. The smallest absolute Gasteiger partial charge is 0.0693 e. The van der Waals surface area contributed by atoms with Gasteiger partial charge in [-0.3, -0.25) is 0 Å². The summed E-state index contributed by atoms with van der Waals surface area (Å²) in [6.45, 7) is 2.26. The van der Waals surface area contributed by atoms with E-state index in [2.05, 4.69) is 42.6 Å². The summed E-state index contributed by atoms with van der Waals surface area (Å²) in [4.78, 5) is 0. The molecule has 104 valence electrons. The normalized spacial score (nSPS) is 26.5. The second kappa shape index (κ2) is 5.58. The fourth-order valence-electron chi connectivity index (χ4n) is 3.67. The van der Waals surface area contributed by atoms with E-state index < -0.39 is 0 Å². The molecule has 1 aromatic heterocycles. The summed E-state index contributed by atoms with van der Waals surface area (Å²) in [6.07, 6.45) is 6.84. The van der Waals surface area contributed by atoms with Crippen LogP contribution in [-0.4, -0.2) is 0 Å². The number of hydrogen-bond donors (Lipinski definition) is 0. The largest absolute Gasteiger partial charge is 0.198 e. The zero-order valence-corrected chi connectivity index (χ0v) is 12.9. The van der Waals surface area contributed by atoms with Crippen LogP contribution in [0.25, 0.3) is 10.1 Å². The van der Waals surface area contributed by atoms with Crippen LogP contribution in [0.4, 0.5) is 0 Å². The lowest BCUT2D eigenvalue weighted by atomic mass is 9.67. The van der Waals surface area contributed by atoms with E-state index in [0.29, 0.717) is 0 Å². The van der Waals surface area contributed by atoms with Crippen molar-refractivity contribution in [3.8, 4) is 6.07 Å². The predicted octanol–water partition coefficient (Wildman–Crippen LogP) is 5.55. The maximum atomic E-state index is 9.78.